The fourth-order valence-electron chi connectivity index (χ4n) is 3.50. The van der Waals surface area contributed by atoms with E-state index in [0.717, 1.165) is 31.8 Å². The number of nitrogens with one attached hydrogen (secondary N) is 1. The van der Waals surface area contributed by atoms with Gasteiger partial charge in [0.05, 0.1) is 0 Å². The molecule has 0 fully saturated rings. The Hall–Kier alpha value is -1.71. The Bertz CT molecular complexity index is 804. The van der Waals surface area contributed by atoms with Crippen molar-refractivity contribution in [2.24, 2.45) is 0 Å². The molecule has 23 heavy (non-hydrogen) atoms. The number of aromatic nitrogens is 1. The van der Waals surface area contributed by atoms with Crippen LogP contribution in [0.4, 0.5) is 0 Å². The summed E-state index contributed by atoms with van der Waals surface area (Å²) in [5.41, 5.74) is 5.60. The van der Waals surface area contributed by atoms with Crippen molar-refractivity contribution < 1.29 is 0 Å². The number of rotatable bonds is 4. The largest absolute Gasteiger partial charge is 0.357 e. The first-order valence-corrected chi connectivity index (χ1v) is 9.34. The third-order valence-corrected chi connectivity index (χ3v) is 5.50. The number of hydrogen-bond acceptors (Lipinski definition) is 2. The minimum atomic E-state index is 1.02. The molecular formula is C20H22N2S. The van der Waals surface area contributed by atoms with E-state index in [4.69, 9.17) is 0 Å². The molecule has 2 aromatic carbocycles. The van der Waals surface area contributed by atoms with Crippen LogP contribution in [0, 0.1) is 0 Å². The van der Waals surface area contributed by atoms with Crippen LogP contribution >= 0.6 is 11.8 Å². The Balaban J connectivity index is 1.49. The lowest BCUT2D eigenvalue weighted by Gasteiger charge is -2.27. The molecule has 0 saturated carbocycles. The summed E-state index contributed by atoms with van der Waals surface area (Å²) in [6, 6.07) is 17.7. The first-order chi connectivity index (χ1) is 11.3. The molecule has 0 radical (unpaired) electrons. The van der Waals surface area contributed by atoms with Gasteiger partial charge in [-0.05, 0) is 41.5 Å². The predicted molar refractivity (Wildman–Crippen MR) is 99.0 cm³/mol. The van der Waals surface area contributed by atoms with Crippen LogP contribution in [-0.4, -0.2) is 22.2 Å². The van der Waals surface area contributed by atoms with Gasteiger partial charge in [0.15, 0.2) is 0 Å². The highest BCUT2D eigenvalue weighted by molar-refractivity contribution is 7.99. The smallest absolute Gasteiger partial charge is 0.0459 e. The molecule has 3 heteroatoms. The van der Waals surface area contributed by atoms with Crippen LogP contribution in [-0.2, 0) is 19.5 Å². The second-order valence-electron chi connectivity index (χ2n) is 6.17. The minimum Gasteiger partial charge on any atom is -0.357 e. The standard InChI is InChI=1S/C20H22N2S/c1-2-23-16-9-7-15(8-10-16)13-22-12-11-18-17-5-3-4-6-19(17)21-20(18)14-22/h3-10,21H,2,11-14H2,1H3. The van der Waals surface area contributed by atoms with Crippen LogP contribution in [0.5, 0.6) is 0 Å². The predicted octanol–water partition coefficient (Wildman–Crippen LogP) is 4.84. The van der Waals surface area contributed by atoms with E-state index in [1.54, 1.807) is 0 Å². The van der Waals surface area contributed by atoms with E-state index in [1.165, 1.54) is 32.6 Å². The lowest BCUT2D eigenvalue weighted by Crippen LogP contribution is -2.29. The maximum atomic E-state index is 3.61. The molecule has 118 valence electrons. The molecule has 0 spiro atoms. The summed E-state index contributed by atoms with van der Waals surface area (Å²) in [5, 5.41) is 1.41. The van der Waals surface area contributed by atoms with Gasteiger partial charge in [-0.15, -0.1) is 11.8 Å². The van der Waals surface area contributed by atoms with Crippen molar-refractivity contribution in [3.63, 3.8) is 0 Å². The highest BCUT2D eigenvalue weighted by Gasteiger charge is 2.20. The summed E-state index contributed by atoms with van der Waals surface area (Å²) in [6.07, 6.45) is 1.14. The van der Waals surface area contributed by atoms with Gasteiger partial charge in [0, 0.05) is 41.1 Å². The molecule has 1 aromatic heterocycles. The summed E-state index contributed by atoms with van der Waals surface area (Å²) < 4.78 is 0. The summed E-state index contributed by atoms with van der Waals surface area (Å²) in [6.45, 7) is 5.39. The second-order valence-corrected chi connectivity index (χ2v) is 7.50. The van der Waals surface area contributed by atoms with E-state index in [0.29, 0.717) is 0 Å². The van der Waals surface area contributed by atoms with Gasteiger partial charge in [0.1, 0.15) is 0 Å². The molecule has 0 bridgehead atoms. The van der Waals surface area contributed by atoms with Crippen molar-refractivity contribution in [2.75, 3.05) is 12.3 Å². The van der Waals surface area contributed by atoms with E-state index in [1.807, 2.05) is 11.8 Å². The van der Waals surface area contributed by atoms with E-state index in [-0.39, 0.29) is 0 Å². The number of H-pyrrole nitrogens is 1. The van der Waals surface area contributed by atoms with Gasteiger partial charge in [0.2, 0.25) is 0 Å². The molecule has 3 aromatic rings. The number of thioether (sulfide) groups is 1. The van der Waals surface area contributed by atoms with Crippen molar-refractivity contribution in [3.05, 3.63) is 65.4 Å². The Morgan fingerprint density at radius 3 is 2.74 bits per heavy atom. The maximum Gasteiger partial charge on any atom is 0.0459 e. The monoisotopic (exact) mass is 322 g/mol. The fourth-order valence-corrected chi connectivity index (χ4v) is 4.16. The molecule has 2 heterocycles. The number of benzene rings is 2. The normalized spacial score (nSPS) is 15.0. The van der Waals surface area contributed by atoms with Crippen LogP contribution in [0.3, 0.4) is 0 Å². The van der Waals surface area contributed by atoms with Gasteiger partial charge >= 0.3 is 0 Å². The molecule has 2 nitrogen and oxygen atoms in total. The van der Waals surface area contributed by atoms with Gasteiger partial charge in [-0.3, -0.25) is 4.90 Å². The van der Waals surface area contributed by atoms with E-state index < -0.39 is 0 Å². The van der Waals surface area contributed by atoms with Crippen molar-refractivity contribution in [1.82, 2.24) is 9.88 Å². The van der Waals surface area contributed by atoms with Gasteiger partial charge in [-0.1, -0.05) is 37.3 Å². The topological polar surface area (TPSA) is 19.0 Å². The van der Waals surface area contributed by atoms with Crippen LogP contribution in [0.1, 0.15) is 23.7 Å². The molecule has 1 aliphatic rings. The van der Waals surface area contributed by atoms with Crippen LogP contribution in [0.15, 0.2) is 53.4 Å². The first kappa shape index (κ1) is 14.9. The number of fused-ring (bicyclic) bond motifs is 3. The summed E-state index contributed by atoms with van der Waals surface area (Å²) in [5.74, 6) is 1.13. The van der Waals surface area contributed by atoms with E-state index in [9.17, 15) is 0 Å². The molecule has 0 aliphatic carbocycles. The Kier molecular flexibility index (Phi) is 4.15. The highest BCUT2D eigenvalue weighted by atomic mass is 32.2. The molecule has 4 rings (SSSR count). The van der Waals surface area contributed by atoms with Crippen molar-refractivity contribution in [1.29, 1.82) is 0 Å². The quantitative estimate of drug-likeness (QED) is 0.693. The van der Waals surface area contributed by atoms with Crippen molar-refractivity contribution in [2.45, 2.75) is 31.3 Å². The second kappa shape index (κ2) is 6.42. The van der Waals surface area contributed by atoms with Gasteiger partial charge < -0.3 is 4.98 Å². The molecule has 0 amide bonds. The van der Waals surface area contributed by atoms with Gasteiger partial charge in [0.25, 0.3) is 0 Å². The van der Waals surface area contributed by atoms with Crippen molar-refractivity contribution >= 4 is 22.7 Å². The van der Waals surface area contributed by atoms with Crippen LogP contribution in [0.25, 0.3) is 10.9 Å². The minimum absolute atomic E-state index is 1.02. The zero-order chi connectivity index (χ0) is 15.6. The summed E-state index contributed by atoms with van der Waals surface area (Å²) >= 11 is 1.90. The third kappa shape index (κ3) is 3.04. The molecular weight excluding hydrogens is 300 g/mol. The summed E-state index contributed by atoms with van der Waals surface area (Å²) in [7, 11) is 0. The number of nitrogens with zero attached hydrogens (tertiary/aromatic N) is 1. The zero-order valence-electron chi connectivity index (χ0n) is 13.5. The molecule has 0 atom stereocenters. The molecule has 1 N–H and O–H groups in total. The van der Waals surface area contributed by atoms with E-state index >= 15 is 0 Å². The van der Waals surface area contributed by atoms with Crippen molar-refractivity contribution in [3.8, 4) is 0 Å². The Morgan fingerprint density at radius 2 is 1.91 bits per heavy atom. The summed E-state index contributed by atoms with van der Waals surface area (Å²) in [4.78, 5) is 7.52. The lowest BCUT2D eigenvalue weighted by atomic mass is 10.0. The van der Waals surface area contributed by atoms with Gasteiger partial charge in [-0.25, -0.2) is 0 Å². The van der Waals surface area contributed by atoms with Gasteiger partial charge in [-0.2, -0.15) is 0 Å². The first-order valence-electron chi connectivity index (χ1n) is 8.36. The molecule has 0 saturated heterocycles. The van der Waals surface area contributed by atoms with Crippen LogP contribution < -0.4 is 0 Å². The van der Waals surface area contributed by atoms with E-state index in [2.05, 4.69) is 65.3 Å². The highest BCUT2D eigenvalue weighted by Crippen LogP contribution is 2.28. The molecule has 0 unspecified atom stereocenters. The third-order valence-electron chi connectivity index (χ3n) is 4.60. The van der Waals surface area contributed by atoms with Crippen LogP contribution in [0.2, 0.25) is 0 Å². The average molecular weight is 322 g/mol. The number of aromatic amines is 1. The zero-order valence-corrected chi connectivity index (χ0v) is 14.3. The average Bonchev–Trinajstić information content (AvgIpc) is 2.94. The lowest BCUT2D eigenvalue weighted by molar-refractivity contribution is 0.243. The maximum absolute atomic E-state index is 3.61. The SMILES string of the molecule is CCSc1ccc(CN2CCc3c([nH]c4ccccc34)C2)cc1. The Labute approximate surface area is 141 Å². The number of para-hydroxylation sites is 1. The Morgan fingerprint density at radius 1 is 1.09 bits per heavy atom. The number of hydrogen-bond donors (Lipinski definition) is 1. The molecule has 1 aliphatic heterocycles. The fraction of sp³-hybridized carbons (Fsp3) is 0.300.